The van der Waals surface area contributed by atoms with E-state index in [0.29, 0.717) is 11.8 Å². The van der Waals surface area contributed by atoms with Crippen LogP contribution in [0.4, 0.5) is 5.13 Å². The lowest BCUT2D eigenvalue weighted by Gasteiger charge is -1.93. The summed E-state index contributed by atoms with van der Waals surface area (Å²) < 4.78 is 5.14. The van der Waals surface area contributed by atoms with Crippen LogP contribution in [-0.4, -0.2) is 23.3 Å². The van der Waals surface area contributed by atoms with E-state index in [1.54, 1.807) is 0 Å². The van der Waals surface area contributed by atoms with Gasteiger partial charge < -0.3 is 10.1 Å². The van der Waals surface area contributed by atoms with Gasteiger partial charge in [0.1, 0.15) is 0 Å². The molecule has 62 valence electrons. The zero-order chi connectivity index (χ0) is 8.10. The van der Waals surface area contributed by atoms with Gasteiger partial charge in [0, 0.05) is 6.54 Å². The van der Waals surface area contributed by atoms with Crippen LogP contribution in [0, 0.1) is 0 Å². The molecule has 0 aliphatic heterocycles. The molecule has 0 unspecified atom stereocenters. The Hall–Kier alpha value is -0.840. The fourth-order valence-electron chi connectivity index (χ4n) is 0.614. The van der Waals surface area contributed by atoms with Crippen molar-refractivity contribution in [2.75, 3.05) is 18.5 Å². The van der Waals surface area contributed by atoms with E-state index >= 15 is 0 Å². The third-order valence-corrected chi connectivity index (χ3v) is 1.80. The molecule has 1 aromatic heterocycles. The Morgan fingerprint density at radius 3 is 2.91 bits per heavy atom. The van der Waals surface area contributed by atoms with Crippen molar-refractivity contribution in [3.05, 3.63) is 0 Å². The second-order valence-corrected chi connectivity index (χ2v) is 2.78. The van der Waals surface area contributed by atoms with Crippen LogP contribution in [0.15, 0.2) is 0 Å². The lowest BCUT2D eigenvalue weighted by molar-refractivity contribution is 0.335. The molecule has 0 bridgehead atoms. The Balaban J connectivity index is 2.51. The van der Waals surface area contributed by atoms with Crippen LogP contribution >= 0.6 is 11.3 Å². The third-order valence-electron chi connectivity index (χ3n) is 1.00. The van der Waals surface area contributed by atoms with Crippen molar-refractivity contribution in [1.82, 2.24) is 10.2 Å². The molecule has 0 fully saturated rings. The first kappa shape index (κ1) is 8.26. The summed E-state index contributed by atoms with van der Waals surface area (Å²) in [7, 11) is 0. The van der Waals surface area contributed by atoms with Crippen molar-refractivity contribution in [3.8, 4) is 5.19 Å². The fraction of sp³-hybridized carbons (Fsp3) is 0.667. The van der Waals surface area contributed by atoms with Gasteiger partial charge in [0.15, 0.2) is 0 Å². The first-order valence-electron chi connectivity index (χ1n) is 3.57. The van der Waals surface area contributed by atoms with Gasteiger partial charge in [-0.1, -0.05) is 5.10 Å². The third kappa shape index (κ3) is 2.34. The molecule has 1 N–H and O–H groups in total. The molecular formula is C6H11N3OS. The van der Waals surface area contributed by atoms with Crippen LogP contribution in [0.5, 0.6) is 5.19 Å². The van der Waals surface area contributed by atoms with E-state index in [1.807, 2.05) is 13.8 Å². The van der Waals surface area contributed by atoms with Crippen molar-refractivity contribution in [2.24, 2.45) is 0 Å². The van der Waals surface area contributed by atoms with Crippen molar-refractivity contribution in [1.29, 1.82) is 0 Å². The molecule has 1 rings (SSSR count). The normalized spacial score (nSPS) is 9.64. The van der Waals surface area contributed by atoms with Crippen LogP contribution in [0.3, 0.4) is 0 Å². The molecule has 0 spiro atoms. The summed E-state index contributed by atoms with van der Waals surface area (Å²) in [6.07, 6.45) is 0. The highest BCUT2D eigenvalue weighted by molar-refractivity contribution is 7.16. The SMILES string of the molecule is CCNc1nnc(OCC)s1. The highest BCUT2D eigenvalue weighted by Gasteiger charge is 2.01. The smallest absolute Gasteiger partial charge is 0.295 e. The summed E-state index contributed by atoms with van der Waals surface area (Å²) in [6, 6.07) is 0. The van der Waals surface area contributed by atoms with Gasteiger partial charge in [0.25, 0.3) is 5.19 Å². The van der Waals surface area contributed by atoms with Gasteiger partial charge in [-0.05, 0) is 25.2 Å². The van der Waals surface area contributed by atoms with Gasteiger partial charge in [-0.15, -0.1) is 5.10 Å². The summed E-state index contributed by atoms with van der Waals surface area (Å²) >= 11 is 1.43. The minimum absolute atomic E-state index is 0.628. The van der Waals surface area contributed by atoms with Crippen LogP contribution in [0.1, 0.15) is 13.8 Å². The topological polar surface area (TPSA) is 47.0 Å². The average molecular weight is 173 g/mol. The molecule has 1 heterocycles. The Labute approximate surface area is 69.6 Å². The van der Waals surface area contributed by atoms with E-state index in [0.717, 1.165) is 11.7 Å². The van der Waals surface area contributed by atoms with Gasteiger partial charge in [-0.2, -0.15) is 0 Å². The molecule has 0 amide bonds. The Kier molecular flexibility index (Phi) is 3.10. The molecule has 0 aromatic carbocycles. The zero-order valence-corrected chi connectivity index (χ0v) is 7.44. The minimum Gasteiger partial charge on any atom is -0.469 e. The number of hydrogen-bond donors (Lipinski definition) is 1. The molecule has 0 aliphatic carbocycles. The largest absolute Gasteiger partial charge is 0.469 e. The van der Waals surface area contributed by atoms with Gasteiger partial charge in [0.05, 0.1) is 6.61 Å². The second kappa shape index (κ2) is 4.12. The van der Waals surface area contributed by atoms with Gasteiger partial charge in [0.2, 0.25) is 5.13 Å². The highest BCUT2D eigenvalue weighted by Crippen LogP contribution is 2.21. The van der Waals surface area contributed by atoms with E-state index in [1.165, 1.54) is 11.3 Å². The standard InChI is InChI=1S/C6H11N3OS/c1-3-7-5-8-9-6(11-5)10-4-2/h3-4H2,1-2H3,(H,7,8). The van der Waals surface area contributed by atoms with E-state index in [2.05, 4.69) is 15.5 Å². The number of nitrogens with one attached hydrogen (secondary N) is 1. The maximum atomic E-state index is 5.14. The lowest BCUT2D eigenvalue weighted by atomic mass is 10.8. The summed E-state index contributed by atoms with van der Waals surface area (Å²) in [6.45, 7) is 5.44. The van der Waals surface area contributed by atoms with Crippen LogP contribution in [0.25, 0.3) is 0 Å². The molecule has 5 heteroatoms. The number of aromatic nitrogens is 2. The predicted octanol–water partition coefficient (Wildman–Crippen LogP) is 1.37. The molecular weight excluding hydrogens is 162 g/mol. The number of anilines is 1. The fourth-order valence-corrected chi connectivity index (χ4v) is 1.34. The average Bonchev–Trinajstić information content (AvgIpc) is 2.38. The van der Waals surface area contributed by atoms with Gasteiger partial charge in [-0.3, -0.25) is 0 Å². The van der Waals surface area contributed by atoms with E-state index in [4.69, 9.17) is 4.74 Å². The zero-order valence-electron chi connectivity index (χ0n) is 6.63. The van der Waals surface area contributed by atoms with Crippen LogP contribution < -0.4 is 10.1 Å². The molecule has 11 heavy (non-hydrogen) atoms. The molecule has 4 nitrogen and oxygen atoms in total. The summed E-state index contributed by atoms with van der Waals surface area (Å²) in [5, 5.41) is 12.2. The second-order valence-electron chi connectivity index (χ2n) is 1.84. The molecule has 0 aliphatic rings. The minimum atomic E-state index is 0.628. The Bertz CT molecular complexity index is 193. The summed E-state index contributed by atoms with van der Waals surface area (Å²) in [5.41, 5.74) is 0. The monoisotopic (exact) mass is 173 g/mol. The summed E-state index contributed by atoms with van der Waals surface area (Å²) in [5.74, 6) is 0. The lowest BCUT2D eigenvalue weighted by Crippen LogP contribution is -1.94. The van der Waals surface area contributed by atoms with Crippen LogP contribution in [-0.2, 0) is 0 Å². The highest BCUT2D eigenvalue weighted by atomic mass is 32.1. The first-order valence-corrected chi connectivity index (χ1v) is 4.38. The number of hydrogen-bond acceptors (Lipinski definition) is 5. The van der Waals surface area contributed by atoms with E-state index in [-0.39, 0.29) is 0 Å². The van der Waals surface area contributed by atoms with Crippen molar-refractivity contribution >= 4 is 16.5 Å². The van der Waals surface area contributed by atoms with Crippen molar-refractivity contribution in [2.45, 2.75) is 13.8 Å². The molecule has 0 saturated carbocycles. The maximum absolute atomic E-state index is 5.14. The van der Waals surface area contributed by atoms with Crippen molar-refractivity contribution in [3.63, 3.8) is 0 Å². The van der Waals surface area contributed by atoms with Gasteiger partial charge in [-0.25, -0.2) is 0 Å². The quantitative estimate of drug-likeness (QED) is 0.747. The first-order chi connectivity index (χ1) is 5.36. The van der Waals surface area contributed by atoms with E-state index in [9.17, 15) is 0 Å². The maximum Gasteiger partial charge on any atom is 0.295 e. The van der Waals surface area contributed by atoms with Gasteiger partial charge >= 0.3 is 0 Å². The predicted molar refractivity (Wildman–Crippen MR) is 45.2 cm³/mol. The molecule has 0 radical (unpaired) electrons. The van der Waals surface area contributed by atoms with Crippen LogP contribution in [0.2, 0.25) is 0 Å². The van der Waals surface area contributed by atoms with Crippen molar-refractivity contribution < 1.29 is 4.74 Å². The molecule has 0 saturated heterocycles. The molecule has 0 atom stereocenters. The Morgan fingerprint density at radius 1 is 1.45 bits per heavy atom. The van der Waals surface area contributed by atoms with E-state index < -0.39 is 0 Å². The Morgan fingerprint density at radius 2 is 2.27 bits per heavy atom. The number of nitrogens with zero attached hydrogens (tertiary/aromatic N) is 2. The number of ether oxygens (including phenoxy) is 1. The number of rotatable bonds is 4. The summed E-state index contributed by atoms with van der Waals surface area (Å²) in [4.78, 5) is 0. The molecule has 1 aromatic rings.